The van der Waals surface area contributed by atoms with Crippen LogP contribution < -0.4 is 5.73 Å². The van der Waals surface area contributed by atoms with Crippen LogP contribution >= 0.6 is 0 Å². The molecular weight excluding hydrogens is 197 g/mol. The Morgan fingerprint density at radius 2 is 2.14 bits per heavy atom. The molecule has 0 unspecified atom stereocenters. The van der Waals surface area contributed by atoms with Crippen LogP contribution in [0, 0.1) is 0 Å². The number of aromatic nitrogens is 1. The topological polar surface area (TPSA) is 59.1 Å². The molecule has 3 nitrogen and oxygen atoms in total. The molecule has 1 rings (SSSR count). The van der Waals surface area contributed by atoms with Crippen LogP contribution in [0.25, 0.3) is 0 Å². The zero-order valence-corrected chi connectivity index (χ0v) is 7.12. The number of rotatable bonds is 2. The van der Waals surface area contributed by atoms with Crippen molar-refractivity contribution in [3.05, 3.63) is 29.6 Å². The van der Waals surface area contributed by atoms with E-state index in [4.69, 9.17) is 10.8 Å². The van der Waals surface area contributed by atoms with Crippen molar-refractivity contribution in [3.63, 3.8) is 0 Å². The average Bonchev–Trinajstić information content (AvgIpc) is 2.15. The van der Waals surface area contributed by atoms with E-state index in [0.717, 1.165) is 18.3 Å². The summed E-state index contributed by atoms with van der Waals surface area (Å²) in [6, 6.07) is 0.811. The summed E-state index contributed by atoms with van der Waals surface area (Å²) in [5.74, 6) is 0. The van der Waals surface area contributed by atoms with Gasteiger partial charge in [0, 0.05) is 6.20 Å². The van der Waals surface area contributed by atoms with Crippen LogP contribution in [0.4, 0.5) is 13.2 Å². The molecule has 78 valence electrons. The van der Waals surface area contributed by atoms with Gasteiger partial charge in [-0.3, -0.25) is 4.98 Å². The highest BCUT2D eigenvalue weighted by Gasteiger charge is 2.31. The number of nitrogens with two attached hydrogens (primary N) is 1. The van der Waals surface area contributed by atoms with Crippen LogP contribution in [0.5, 0.6) is 0 Å². The van der Waals surface area contributed by atoms with E-state index in [1.165, 1.54) is 0 Å². The van der Waals surface area contributed by atoms with E-state index in [0.29, 0.717) is 0 Å². The smallest absolute Gasteiger partial charge is 0.394 e. The molecule has 1 aromatic heterocycles. The van der Waals surface area contributed by atoms with Gasteiger partial charge < -0.3 is 10.8 Å². The van der Waals surface area contributed by atoms with Gasteiger partial charge in [0.1, 0.15) is 0 Å². The molecule has 0 saturated carbocycles. The molecule has 0 aliphatic rings. The number of alkyl halides is 3. The maximum absolute atomic E-state index is 12.2. The third kappa shape index (κ3) is 2.43. The molecule has 0 bridgehead atoms. The van der Waals surface area contributed by atoms with Crippen molar-refractivity contribution >= 4 is 0 Å². The fourth-order valence-corrected chi connectivity index (χ4v) is 0.921. The molecule has 3 N–H and O–H groups in total. The molecule has 6 heteroatoms. The van der Waals surface area contributed by atoms with Crippen molar-refractivity contribution in [1.29, 1.82) is 0 Å². The first-order chi connectivity index (χ1) is 6.45. The first kappa shape index (κ1) is 10.9. The predicted molar refractivity (Wildman–Crippen MR) is 43.3 cm³/mol. The van der Waals surface area contributed by atoms with Crippen LogP contribution in [0.1, 0.15) is 17.3 Å². The summed E-state index contributed by atoms with van der Waals surface area (Å²) in [4.78, 5) is 3.64. The van der Waals surface area contributed by atoms with Gasteiger partial charge in [-0.1, -0.05) is 0 Å². The van der Waals surface area contributed by atoms with E-state index in [1.54, 1.807) is 0 Å². The van der Waals surface area contributed by atoms with Gasteiger partial charge in [0.25, 0.3) is 0 Å². The lowest BCUT2D eigenvalue weighted by Gasteiger charge is -2.10. The normalized spacial score (nSPS) is 14.1. The molecule has 1 aromatic rings. The number of halogens is 3. The second-order valence-corrected chi connectivity index (χ2v) is 2.76. The van der Waals surface area contributed by atoms with Crippen LogP contribution in [0.15, 0.2) is 18.3 Å². The minimum absolute atomic E-state index is 0.0299. The van der Waals surface area contributed by atoms with E-state index in [1.807, 2.05) is 0 Å². The number of hydrogen-bond donors (Lipinski definition) is 2. The third-order valence-electron chi connectivity index (χ3n) is 1.69. The average molecular weight is 206 g/mol. The van der Waals surface area contributed by atoms with Gasteiger partial charge in [-0.25, -0.2) is 0 Å². The third-order valence-corrected chi connectivity index (χ3v) is 1.69. The van der Waals surface area contributed by atoms with Crippen molar-refractivity contribution in [3.8, 4) is 0 Å². The summed E-state index contributed by atoms with van der Waals surface area (Å²) in [6.07, 6.45) is -3.39. The zero-order valence-electron chi connectivity index (χ0n) is 7.12. The molecule has 0 radical (unpaired) electrons. The Hall–Kier alpha value is -1.14. The van der Waals surface area contributed by atoms with Gasteiger partial charge in [-0.05, 0) is 12.1 Å². The van der Waals surface area contributed by atoms with Gasteiger partial charge in [0.2, 0.25) is 0 Å². The van der Waals surface area contributed by atoms with Gasteiger partial charge >= 0.3 is 6.18 Å². The van der Waals surface area contributed by atoms with Crippen molar-refractivity contribution in [2.24, 2.45) is 5.73 Å². The number of nitrogens with zero attached hydrogens (tertiary/aromatic N) is 1. The first-order valence-electron chi connectivity index (χ1n) is 3.84. The lowest BCUT2D eigenvalue weighted by atomic mass is 10.1. The molecule has 0 aliphatic carbocycles. The molecule has 0 fully saturated rings. The fraction of sp³-hybridized carbons (Fsp3) is 0.375. The monoisotopic (exact) mass is 206 g/mol. The lowest BCUT2D eigenvalue weighted by Crippen LogP contribution is -2.17. The van der Waals surface area contributed by atoms with Crippen molar-refractivity contribution in [2.75, 3.05) is 6.61 Å². The Balaban J connectivity index is 3.01. The molecule has 0 saturated heterocycles. The summed E-state index contributed by atoms with van der Waals surface area (Å²) in [7, 11) is 0. The van der Waals surface area contributed by atoms with E-state index in [9.17, 15) is 13.2 Å². The first-order valence-corrected chi connectivity index (χ1v) is 3.84. The quantitative estimate of drug-likeness (QED) is 0.761. The number of aliphatic hydroxyl groups is 1. The van der Waals surface area contributed by atoms with Gasteiger partial charge in [0.05, 0.1) is 23.9 Å². The predicted octanol–water partition coefficient (Wildman–Crippen LogP) is 1.09. The Morgan fingerprint density at radius 1 is 1.50 bits per heavy atom. The summed E-state index contributed by atoms with van der Waals surface area (Å²) < 4.78 is 36.6. The van der Waals surface area contributed by atoms with E-state index < -0.39 is 24.4 Å². The molecule has 0 aromatic carbocycles. The van der Waals surface area contributed by atoms with Crippen molar-refractivity contribution < 1.29 is 18.3 Å². The molecule has 0 spiro atoms. The summed E-state index contributed by atoms with van der Waals surface area (Å²) in [5, 5.41) is 8.64. The van der Waals surface area contributed by atoms with E-state index >= 15 is 0 Å². The Bertz CT molecular complexity index is 314. The fourth-order valence-electron chi connectivity index (χ4n) is 0.921. The molecule has 14 heavy (non-hydrogen) atoms. The lowest BCUT2D eigenvalue weighted by molar-refractivity contribution is -0.137. The highest BCUT2D eigenvalue weighted by atomic mass is 19.4. The number of hydrogen-bond acceptors (Lipinski definition) is 3. The second-order valence-electron chi connectivity index (χ2n) is 2.76. The molecule has 0 amide bonds. The van der Waals surface area contributed by atoms with E-state index in [-0.39, 0.29) is 5.69 Å². The SMILES string of the molecule is N[C@H](CO)c1cc(C(F)(F)F)ccn1. The summed E-state index contributed by atoms with van der Waals surface area (Å²) >= 11 is 0. The van der Waals surface area contributed by atoms with Crippen molar-refractivity contribution in [1.82, 2.24) is 4.98 Å². The second kappa shape index (κ2) is 3.93. The van der Waals surface area contributed by atoms with E-state index in [2.05, 4.69) is 4.98 Å². The summed E-state index contributed by atoms with van der Waals surface area (Å²) in [5.41, 5.74) is 4.54. The standard InChI is InChI=1S/C8H9F3N2O/c9-8(10,11)5-1-2-13-7(3-5)6(12)4-14/h1-3,6,14H,4,12H2/t6-/m1/s1. The molecule has 1 atom stereocenters. The Kier molecular flexibility index (Phi) is 3.07. The number of pyridine rings is 1. The van der Waals surface area contributed by atoms with Crippen LogP contribution in [0.3, 0.4) is 0 Å². The minimum Gasteiger partial charge on any atom is -0.394 e. The zero-order chi connectivity index (χ0) is 10.8. The summed E-state index contributed by atoms with van der Waals surface area (Å²) in [6.45, 7) is -0.436. The van der Waals surface area contributed by atoms with Crippen LogP contribution in [-0.4, -0.2) is 16.7 Å². The Morgan fingerprint density at radius 3 is 2.64 bits per heavy atom. The van der Waals surface area contributed by atoms with Crippen LogP contribution in [0.2, 0.25) is 0 Å². The highest BCUT2D eigenvalue weighted by Crippen LogP contribution is 2.29. The van der Waals surface area contributed by atoms with Crippen molar-refractivity contribution in [2.45, 2.75) is 12.2 Å². The maximum atomic E-state index is 12.2. The van der Waals surface area contributed by atoms with Gasteiger partial charge in [-0.15, -0.1) is 0 Å². The molecule has 1 heterocycles. The van der Waals surface area contributed by atoms with Gasteiger partial charge in [-0.2, -0.15) is 13.2 Å². The van der Waals surface area contributed by atoms with Crippen LogP contribution in [-0.2, 0) is 6.18 Å². The molecular formula is C8H9F3N2O. The van der Waals surface area contributed by atoms with Gasteiger partial charge in [0.15, 0.2) is 0 Å². The highest BCUT2D eigenvalue weighted by molar-refractivity contribution is 5.21. The minimum atomic E-state index is -4.41. The maximum Gasteiger partial charge on any atom is 0.416 e. The molecule has 0 aliphatic heterocycles. The Labute approximate surface area is 78.4 Å². The largest absolute Gasteiger partial charge is 0.416 e. The number of aliphatic hydroxyl groups excluding tert-OH is 1.